The Morgan fingerprint density at radius 3 is 2.57 bits per heavy atom. The van der Waals surface area contributed by atoms with Crippen LogP contribution >= 0.6 is 11.3 Å². The van der Waals surface area contributed by atoms with E-state index < -0.39 is 0 Å². The van der Waals surface area contributed by atoms with Crippen molar-refractivity contribution in [2.45, 2.75) is 32.7 Å². The molecular formula is C24H26N2O3S. The molecule has 3 aromatic rings. The molecular weight excluding hydrogens is 396 g/mol. The lowest BCUT2D eigenvalue weighted by molar-refractivity contribution is -0.00521. The van der Waals surface area contributed by atoms with Crippen LogP contribution in [-0.2, 0) is 11.3 Å². The number of carbonyl (C=O) groups excluding carboxylic acids is 1. The summed E-state index contributed by atoms with van der Waals surface area (Å²) >= 11 is 1.65. The molecule has 1 N–H and O–H groups in total. The summed E-state index contributed by atoms with van der Waals surface area (Å²) < 4.78 is 11.6. The van der Waals surface area contributed by atoms with Gasteiger partial charge in [0.25, 0.3) is 5.91 Å². The fourth-order valence-corrected chi connectivity index (χ4v) is 4.24. The molecule has 1 aliphatic heterocycles. The van der Waals surface area contributed by atoms with E-state index in [9.17, 15) is 4.79 Å². The number of rotatable bonds is 6. The number of hydrogen-bond acceptors (Lipinski definition) is 5. The average molecular weight is 423 g/mol. The number of anilines is 2. The van der Waals surface area contributed by atoms with Crippen LogP contribution in [0.3, 0.4) is 0 Å². The lowest BCUT2D eigenvalue weighted by atomic mass is 10.1. The Morgan fingerprint density at radius 1 is 1.10 bits per heavy atom. The number of nitrogens with one attached hydrogen (secondary N) is 1. The molecule has 30 heavy (non-hydrogen) atoms. The van der Waals surface area contributed by atoms with Crippen LogP contribution in [0.4, 0.5) is 11.4 Å². The maximum Gasteiger partial charge on any atom is 0.255 e. The number of carbonyl (C=O) groups is 1. The van der Waals surface area contributed by atoms with Crippen LogP contribution in [0.5, 0.6) is 5.75 Å². The van der Waals surface area contributed by atoms with Crippen LogP contribution in [0.15, 0.2) is 66.0 Å². The topological polar surface area (TPSA) is 50.8 Å². The standard InChI is InChI=1S/C24H26N2O3S/c1-17-14-26(15-18(2)29-17)21-10-8-20(9-11-21)25-24(27)19-5-3-6-22(13-19)28-16-23-7-4-12-30-23/h3-13,17-18H,14-16H2,1-2H3,(H,25,27). The highest BCUT2D eigenvalue weighted by Crippen LogP contribution is 2.23. The van der Waals surface area contributed by atoms with Crippen molar-refractivity contribution >= 4 is 28.6 Å². The molecule has 5 nitrogen and oxygen atoms in total. The maximum absolute atomic E-state index is 12.7. The SMILES string of the molecule is CC1CN(c2ccc(NC(=O)c3cccc(OCc4cccs4)c3)cc2)CC(C)O1. The zero-order valence-electron chi connectivity index (χ0n) is 17.2. The van der Waals surface area contributed by atoms with E-state index in [1.807, 2.05) is 53.9 Å². The summed E-state index contributed by atoms with van der Waals surface area (Å²) in [7, 11) is 0. The molecule has 2 atom stereocenters. The normalized spacial score (nSPS) is 18.8. The largest absolute Gasteiger partial charge is 0.488 e. The second kappa shape index (κ2) is 9.32. The Labute approximate surface area is 181 Å². The highest BCUT2D eigenvalue weighted by atomic mass is 32.1. The minimum Gasteiger partial charge on any atom is -0.488 e. The van der Waals surface area contributed by atoms with Gasteiger partial charge in [-0.2, -0.15) is 0 Å². The third kappa shape index (κ3) is 5.20. The molecule has 1 aliphatic rings. The first-order valence-electron chi connectivity index (χ1n) is 10.1. The lowest BCUT2D eigenvalue weighted by Crippen LogP contribution is -2.45. The number of morpholine rings is 1. The zero-order chi connectivity index (χ0) is 20.9. The molecule has 1 saturated heterocycles. The second-order valence-corrected chi connectivity index (χ2v) is 8.59. The quantitative estimate of drug-likeness (QED) is 0.594. The van der Waals surface area contributed by atoms with Gasteiger partial charge in [0.15, 0.2) is 0 Å². The van der Waals surface area contributed by atoms with Gasteiger partial charge in [0.1, 0.15) is 12.4 Å². The Kier molecular flexibility index (Phi) is 6.35. The Hall–Kier alpha value is -2.83. The number of amides is 1. The molecule has 0 radical (unpaired) electrons. The van der Waals surface area contributed by atoms with E-state index in [0.29, 0.717) is 17.9 Å². The van der Waals surface area contributed by atoms with Crippen LogP contribution in [0.1, 0.15) is 29.1 Å². The third-order valence-corrected chi connectivity index (χ3v) is 5.82. The molecule has 0 aliphatic carbocycles. The fraction of sp³-hybridized carbons (Fsp3) is 0.292. The average Bonchev–Trinajstić information content (AvgIpc) is 3.26. The van der Waals surface area contributed by atoms with Crippen molar-refractivity contribution < 1.29 is 14.3 Å². The number of nitrogens with zero attached hydrogens (tertiary/aromatic N) is 1. The van der Waals surface area contributed by atoms with Gasteiger partial charge in [-0.15, -0.1) is 11.3 Å². The van der Waals surface area contributed by atoms with Gasteiger partial charge >= 0.3 is 0 Å². The molecule has 6 heteroatoms. The molecule has 4 rings (SSSR count). The monoisotopic (exact) mass is 422 g/mol. The molecule has 0 bridgehead atoms. The smallest absolute Gasteiger partial charge is 0.255 e. The molecule has 1 fully saturated rings. The highest BCUT2D eigenvalue weighted by molar-refractivity contribution is 7.09. The zero-order valence-corrected chi connectivity index (χ0v) is 18.0. The van der Waals surface area contributed by atoms with Gasteiger partial charge in [-0.05, 0) is 67.8 Å². The van der Waals surface area contributed by atoms with Crippen LogP contribution in [0, 0.1) is 0 Å². The van der Waals surface area contributed by atoms with E-state index in [2.05, 4.69) is 24.1 Å². The summed E-state index contributed by atoms with van der Waals surface area (Å²) in [4.78, 5) is 16.1. The summed E-state index contributed by atoms with van der Waals surface area (Å²) in [6.45, 7) is 6.43. The Bertz CT molecular complexity index is 962. The molecule has 2 aromatic carbocycles. The molecule has 1 amide bonds. The van der Waals surface area contributed by atoms with E-state index in [1.165, 1.54) is 0 Å². The van der Waals surface area contributed by atoms with Gasteiger partial charge in [-0.25, -0.2) is 0 Å². The van der Waals surface area contributed by atoms with E-state index >= 15 is 0 Å². The van der Waals surface area contributed by atoms with E-state index in [4.69, 9.17) is 9.47 Å². The lowest BCUT2D eigenvalue weighted by Gasteiger charge is -2.36. The molecule has 1 aromatic heterocycles. The summed E-state index contributed by atoms with van der Waals surface area (Å²) in [5.41, 5.74) is 2.47. The first-order valence-corrected chi connectivity index (χ1v) is 11.0. The van der Waals surface area contributed by atoms with Crippen molar-refractivity contribution in [1.29, 1.82) is 0 Å². The van der Waals surface area contributed by atoms with Crippen LogP contribution < -0.4 is 15.0 Å². The van der Waals surface area contributed by atoms with E-state index in [0.717, 1.165) is 29.3 Å². The molecule has 2 heterocycles. The molecule has 156 valence electrons. The molecule has 0 saturated carbocycles. The Morgan fingerprint density at radius 2 is 1.87 bits per heavy atom. The minimum absolute atomic E-state index is 0.155. The number of ether oxygens (including phenoxy) is 2. The van der Waals surface area contributed by atoms with Crippen LogP contribution in [-0.4, -0.2) is 31.2 Å². The fourth-order valence-electron chi connectivity index (χ4n) is 3.62. The first-order chi connectivity index (χ1) is 14.6. The minimum atomic E-state index is -0.155. The number of thiophene rings is 1. The summed E-state index contributed by atoms with van der Waals surface area (Å²) in [5.74, 6) is 0.528. The van der Waals surface area contributed by atoms with Gasteiger partial charge < -0.3 is 19.7 Å². The maximum atomic E-state index is 12.7. The van der Waals surface area contributed by atoms with Gasteiger partial charge in [-0.3, -0.25) is 4.79 Å². The van der Waals surface area contributed by atoms with Gasteiger partial charge in [0.2, 0.25) is 0 Å². The van der Waals surface area contributed by atoms with Crippen LogP contribution in [0.25, 0.3) is 0 Å². The third-order valence-electron chi connectivity index (χ3n) is 4.97. The van der Waals surface area contributed by atoms with Crippen molar-refractivity contribution in [1.82, 2.24) is 0 Å². The summed E-state index contributed by atoms with van der Waals surface area (Å²) in [6, 6.07) is 19.3. The van der Waals surface area contributed by atoms with Crippen molar-refractivity contribution in [3.05, 3.63) is 76.5 Å². The summed E-state index contributed by atoms with van der Waals surface area (Å²) in [5, 5.41) is 4.99. The van der Waals surface area contributed by atoms with Crippen molar-refractivity contribution in [3.63, 3.8) is 0 Å². The van der Waals surface area contributed by atoms with E-state index in [1.54, 1.807) is 23.5 Å². The Balaban J connectivity index is 1.37. The van der Waals surface area contributed by atoms with Gasteiger partial charge in [-0.1, -0.05) is 12.1 Å². The second-order valence-electron chi connectivity index (χ2n) is 7.56. The molecule has 0 spiro atoms. The van der Waals surface area contributed by atoms with Gasteiger partial charge in [0.05, 0.1) is 12.2 Å². The predicted molar refractivity (Wildman–Crippen MR) is 122 cm³/mol. The highest BCUT2D eigenvalue weighted by Gasteiger charge is 2.22. The molecule has 2 unspecified atom stereocenters. The van der Waals surface area contributed by atoms with Crippen molar-refractivity contribution in [3.8, 4) is 5.75 Å². The predicted octanol–water partition coefficient (Wildman–Crippen LogP) is 5.19. The number of hydrogen-bond donors (Lipinski definition) is 1. The van der Waals surface area contributed by atoms with Gasteiger partial charge in [0, 0.05) is 34.9 Å². The van der Waals surface area contributed by atoms with E-state index in [-0.39, 0.29) is 18.1 Å². The van der Waals surface area contributed by atoms with Crippen molar-refractivity contribution in [2.75, 3.05) is 23.3 Å². The number of benzene rings is 2. The summed E-state index contributed by atoms with van der Waals surface area (Å²) in [6.07, 6.45) is 0.421. The first kappa shape index (κ1) is 20.4. The van der Waals surface area contributed by atoms with Crippen molar-refractivity contribution in [2.24, 2.45) is 0 Å². The van der Waals surface area contributed by atoms with Crippen LogP contribution in [0.2, 0.25) is 0 Å².